The smallest absolute Gasteiger partial charge is 0.407 e. The second-order valence-corrected chi connectivity index (χ2v) is 8.09. The zero-order chi connectivity index (χ0) is 21.3. The molecule has 0 heterocycles. The number of benzene rings is 2. The highest BCUT2D eigenvalue weighted by molar-refractivity contribution is 7.80. The first-order valence-corrected chi connectivity index (χ1v) is 9.99. The third-order valence-electron chi connectivity index (χ3n) is 3.51. The predicted octanol–water partition coefficient (Wildman–Crippen LogP) is 4.73. The zero-order valence-electron chi connectivity index (χ0n) is 16.8. The largest absolute Gasteiger partial charge is 0.489 e. The second-order valence-electron chi connectivity index (χ2n) is 7.25. The van der Waals surface area contributed by atoms with E-state index in [0.29, 0.717) is 29.8 Å². The van der Waals surface area contributed by atoms with Crippen LogP contribution in [-0.2, 0) is 11.3 Å². The molecule has 0 saturated heterocycles. The lowest BCUT2D eigenvalue weighted by molar-refractivity contribution is 0.0529. The molecule has 0 atom stereocenters. The normalized spacial score (nSPS) is 10.8. The van der Waals surface area contributed by atoms with E-state index in [1.807, 2.05) is 69.3 Å². The number of anilines is 1. The van der Waals surface area contributed by atoms with Gasteiger partial charge in [0.25, 0.3) is 0 Å². The van der Waals surface area contributed by atoms with Crippen LogP contribution in [-0.4, -0.2) is 29.9 Å². The summed E-state index contributed by atoms with van der Waals surface area (Å²) in [5, 5.41) is 9.93. The minimum Gasteiger partial charge on any atom is -0.489 e. The van der Waals surface area contributed by atoms with Crippen LogP contribution in [0.25, 0.3) is 0 Å². The Morgan fingerprint density at radius 2 is 1.62 bits per heavy atom. The Balaban J connectivity index is 1.67. The van der Waals surface area contributed by atoms with Gasteiger partial charge in [-0.1, -0.05) is 23.7 Å². The third-order valence-corrected chi connectivity index (χ3v) is 4.01. The Morgan fingerprint density at radius 1 is 1.00 bits per heavy atom. The molecule has 0 radical (unpaired) electrons. The molecule has 2 rings (SSSR count). The van der Waals surface area contributed by atoms with Crippen molar-refractivity contribution in [1.29, 1.82) is 0 Å². The molecule has 0 fully saturated rings. The highest BCUT2D eigenvalue weighted by atomic mass is 35.5. The Kier molecular flexibility index (Phi) is 8.54. The fourth-order valence-electron chi connectivity index (χ4n) is 2.21. The van der Waals surface area contributed by atoms with Gasteiger partial charge in [0, 0.05) is 23.8 Å². The molecule has 3 N–H and O–H groups in total. The number of carbonyl (C=O) groups excluding carboxylic acids is 1. The van der Waals surface area contributed by atoms with Crippen LogP contribution in [0.1, 0.15) is 26.3 Å². The van der Waals surface area contributed by atoms with Crippen molar-refractivity contribution in [2.24, 2.45) is 0 Å². The lowest BCUT2D eigenvalue weighted by atomic mass is 10.2. The number of alkyl carbamates (subject to hydrolysis) is 1. The Labute approximate surface area is 181 Å². The van der Waals surface area contributed by atoms with Crippen molar-refractivity contribution in [2.45, 2.75) is 33.0 Å². The summed E-state index contributed by atoms with van der Waals surface area (Å²) >= 11 is 11.1. The molecular weight excluding hydrogens is 410 g/mol. The Morgan fingerprint density at radius 3 is 2.24 bits per heavy atom. The van der Waals surface area contributed by atoms with Crippen LogP contribution >= 0.6 is 23.8 Å². The molecule has 0 saturated carbocycles. The molecule has 6 nitrogen and oxygen atoms in total. The fourth-order valence-corrected chi connectivity index (χ4v) is 2.56. The molecule has 0 unspecified atom stereocenters. The number of carbonyl (C=O) groups is 1. The summed E-state index contributed by atoms with van der Waals surface area (Å²) in [4.78, 5) is 11.6. The van der Waals surface area contributed by atoms with Gasteiger partial charge >= 0.3 is 6.09 Å². The number of amides is 1. The molecule has 0 aliphatic heterocycles. The van der Waals surface area contributed by atoms with Gasteiger partial charge in [-0.2, -0.15) is 0 Å². The van der Waals surface area contributed by atoms with Gasteiger partial charge in [-0.05, 0) is 75.0 Å². The van der Waals surface area contributed by atoms with Gasteiger partial charge in [-0.15, -0.1) is 0 Å². The van der Waals surface area contributed by atoms with Crippen LogP contribution in [0.2, 0.25) is 5.02 Å². The van der Waals surface area contributed by atoms with Crippen molar-refractivity contribution >= 4 is 40.7 Å². The van der Waals surface area contributed by atoms with Gasteiger partial charge in [-0.3, -0.25) is 0 Å². The summed E-state index contributed by atoms with van der Waals surface area (Å²) in [6, 6.07) is 15.0. The molecule has 8 heteroatoms. The average Bonchev–Trinajstić information content (AvgIpc) is 2.64. The quantitative estimate of drug-likeness (QED) is 0.431. The minimum absolute atomic E-state index is 0.397. The lowest BCUT2D eigenvalue weighted by Crippen LogP contribution is -2.39. The molecule has 0 bridgehead atoms. The van der Waals surface area contributed by atoms with Gasteiger partial charge in [0.15, 0.2) is 5.11 Å². The number of ether oxygens (including phenoxy) is 2. The number of halogens is 1. The molecule has 0 aliphatic carbocycles. The maximum Gasteiger partial charge on any atom is 0.407 e. The third kappa shape index (κ3) is 9.49. The maximum absolute atomic E-state index is 11.6. The molecule has 2 aromatic rings. The first kappa shape index (κ1) is 22.8. The van der Waals surface area contributed by atoms with Crippen molar-refractivity contribution < 1.29 is 14.3 Å². The topological polar surface area (TPSA) is 71.6 Å². The molecule has 0 aliphatic rings. The Hall–Kier alpha value is -2.51. The Bertz CT molecular complexity index is 805. The van der Waals surface area contributed by atoms with E-state index in [9.17, 15) is 4.79 Å². The zero-order valence-corrected chi connectivity index (χ0v) is 18.3. The van der Waals surface area contributed by atoms with Gasteiger partial charge in [0.2, 0.25) is 0 Å². The van der Waals surface area contributed by atoms with Crippen LogP contribution in [0.5, 0.6) is 5.75 Å². The van der Waals surface area contributed by atoms with Gasteiger partial charge in [0.05, 0.1) is 0 Å². The number of thiocarbonyl (C=S) groups is 1. The number of hydrogen-bond donors (Lipinski definition) is 3. The highest BCUT2D eigenvalue weighted by Gasteiger charge is 2.15. The van der Waals surface area contributed by atoms with Crippen LogP contribution < -0.4 is 20.7 Å². The molecule has 0 aromatic heterocycles. The van der Waals surface area contributed by atoms with Crippen molar-refractivity contribution in [3.63, 3.8) is 0 Å². The standard InChI is InChI=1S/C21H26ClN3O3S/c1-21(2,3)28-20(26)24-13-12-23-19(29)25-17-8-10-18(11-9-17)27-14-15-4-6-16(22)7-5-15/h4-11H,12-14H2,1-3H3,(H,24,26)(H2,23,25,29). The molecule has 0 spiro atoms. The number of hydrogen-bond acceptors (Lipinski definition) is 4. The summed E-state index contributed by atoms with van der Waals surface area (Å²) in [6.45, 7) is 6.80. The summed E-state index contributed by atoms with van der Waals surface area (Å²) in [5.74, 6) is 0.755. The molecule has 156 valence electrons. The van der Waals surface area contributed by atoms with E-state index < -0.39 is 11.7 Å². The van der Waals surface area contributed by atoms with E-state index in [0.717, 1.165) is 17.0 Å². The van der Waals surface area contributed by atoms with E-state index in [4.69, 9.17) is 33.3 Å². The van der Waals surface area contributed by atoms with Crippen LogP contribution in [0, 0.1) is 0 Å². The lowest BCUT2D eigenvalue weighted by Gasteiger charge is -2.19. The van der Waals surface area contributed by atoms with Crippen LogP contribution in [0.4, 0.5) is 10.5 Å². The van der Waals surface area contributed by atoms with Crippen molar-refractivity contribution in [2.75, 3.05) is 18.4 Å². The summed E-state index contributed by atoms with van der Waals surface area (Å²) in [6.07, 6.45) is -0.452. The summed E-state index contributed by atoms with van der Waals surface area (Å²) in [7, 11) is 0. The van der Waals surface area contributed by atoms with Gasteiger partial charge < -0.3 is 25.4 Å². The highest BCUT2D eigenvalue weighted by Crippen LogP contribution is 2.18. The van der Waals surface area contributed by atoms with E-state index in [-0.39, 0.29) is 0 Å². The summed E-state index contributed by atoms with van der Waals surface area (Å²) in [5.41, 5.74) is 1.36. The average molecular weight is 436 g/mol. The second kappa shape index (κ2) is 10.9. The van der Waals surface area contributed by atoms with E-state index in [2.05, 4.69) is 16.0 Å². The van der Waals surface area contributed by atoms with E-state index in [1.54, 1.807) is 0 Å². The monoisotopic (exact) mass is 435 g/mol. The van der Waals surface area contributed by atoms with E-state index in [1.165, 1.54) is 0 Å². The van der Waals surface area contributed by atoms with Crippen LogP contribution in [0.15, 0.2) is 48.5 Å². The SMILES string of the molecule is CC(C)(C)OC(=O)NCCNC(=S)Nc1ccc(OCc2ccc(Cl)cc2)cc1. The molecule has 29 heavy (non-hydrogen) atoms. The number of rotatable bonds is 7. The molecular formula is C21H26ClN3O3S. The molecule has 2 aromatic carbocycles. The maximum atomic E-state index is 11.6. The van der Waals surface area contributed by atoms with Crippen molar-refractivity contribution in [1.82, 2.24) is 10.6 Å². The van der Waals surface area contributed by atoms with Crippen LogP contribution in [0.3, 0.4) is 0 Å². The fraction of sp³-hybridized carbons (Fsp3) is 0.333. The minimum atomic E-state index is -0.515. The number of nitrogens with one attached hydrogen (secondary N) is 3. The van der Waals surface area contributed by atoms with Gasteiger partial charge in [0.1, 0.15) is 18.0 Å². The molecule has 1 amide bonds. The first-order valence-electron chi connectivity index (χ1n) is 9.20. The van der Waals surface area contributed by atoms with Crippen molar-refractivity contribution in [3.8, 4) is 5.75 Å². The van der Waals surface area contributed by atoms with Crippen molar-refractivity contribution in [3.05, 3.63) is 59.1 Å². The summed E-state index contributed by atoms with van der Waals surface area (Å²) < 4.78 is 10.9. The first-order chi connectivity index (χ1) is 13.7. The van der Waals surface area contributed by atoms with Gasteiger partial charge in [-0.25, -0.2) is 4.79 Å². The predicted molar refractivity (Wildman–Crippen MR) is 121 cm³/mol. The van der Waals surface area contributed by atoms with E-state index >= 15 is 0 Å².